The molecular weight excluding hydrogens is 154 g/mol. The first-order valence-corrected chi connectivity index (χ1v) is 4.58. The molecule has 0 spiro atoms. The van der Waals surface area contributed by atoms with Gasteiger partial charge < -0.3 is 10.1 Å². The third-order valence-corrected chi connectivity index (χ3v) is 2.29. The largest absolute Gasteiger partial charge is 0.375 e. The van der Waals surface area contributed by atoms with Crippen molar-refractivity contribution in [3.8, 4) is 0 Å². The number of nitrogens with one attached hydrogen (secondary N) is 1. The quantitative estimate of drug-likeness (QED) is 0.690. The van der Waals surface area contributed by atoms with E-state index in [1.807, 2.05) is 0 Å². The Kier molecular flexibility index (Phi) is 3.53. The highest BCUT2D eigenvalue weighted by molar-refractivity contribution is 5.75. The summed E-state index contributed by atoms with van der Waals surface area (Å²) in [6, 6.07) is 0. The van der Waals surface area contributed by atoms with Crippen LogP contribution >= 0.6 is 0 Å². The Morgan fingerprint density at radius 3 is 2.83 bits per heavy atom. The van der Waals surface area contributed by atoms with E-state index >= 15 is 0 Å². The monoisotopic (exact) mass is 171 g/mol. The highest BCUT2D eigenvalue weighted by atomic mass is 16.5. The van der Waals surface area contributed by atoms with E-state index in [0.717, 1.165) is 19.3 Å². The zero-order valence-corrected chi connectivity index (χ0v) is 7.80. The fourth-order valence-electron chi connectivity index (χ4n) is 1.51. The summed E-state index contributed by atoms with van der Waals surface area (Å²) < 4.78 is 5.58. The molecule has 70 valence electrons. The van der Waals surface area contributed by atoms with Gasteiger partial charge in [0.25, 0.3) is 0 Å². The van der Waals surface area contributed by atoms with Gasteiger partial charge in [0.05, 0.1) is 12.2 Å². The maximum Gasteiger partial charge on any atom is 0.219 e. The topological polar surface area (TPSA) is 38.3 Å². The average molecular weight is 171 g/mol. The second-order valence-corrected chi connectivity index (χ2v) is 3.36. The minimum absolute atomic E-state index is 0.109. The Morgan fingerprint density at radius 2 is 2.33 bits per heavy atom. The minimum Gasteiger partial charge on any atom is -0.375 e. The highest BCUT2D eigenvalue weighted by Crippen LogP contribution is 2.22. The smallest absolute Gasteiger partial charge is 0.219 e. The van der Waals surface area contributed by atoms with Crippen LogP contribution in [0.5, 0.6) is 0 Å². The van der Waals surface area contributed by atoms with Crippen LogP contribution in [-0.2, 0) is 9.53 Å². The number of carbonyl (C=O) groups excluding carboxylic acids is 1. The van der Waals surface area contributed by atoms with Gasteiger partial charge in [-0.05, 0) is 26.2 Å². The van der Waals surface area contributed by atoms with E-state index in [1.54, 1.807) is 7.05 Å². The summed E-state index contributed by atoms with van der Waals surface area (Å²) in [6.45, 7) is 2.08. The molecule has 1 aliphatic heterocycles. The summed E-state index contributed by atoms with van der Waals surface area (Å²) in [7, 11) is 1.67. The Labute approximate surface area is 73.5 Å². The zero-order valence-electron chi connectivity index (χ0n) is 7.80. The van der Waals surface area contributed by atoms with Gasteiger partial charge in [-0.25, -0.2) is 0 Å². The lowest BCUT2D eigenvalue weighted by Gasteiger charge is -2.09. The van der Waals surface area contributed by atoms with Gasteiger partial charge in [0.2, 0.25) is 5.91 Å². The lowest BCUT2D eigenvalue weighted by molar-refractivity contribution is -0.121. The normalized spacial score (nSPS) is 28.8. The lowest BCUT2D eigenvalue weighted by atomic mass is 10.1. The van der Waals surface area contributed by atoms with Crippen molar-refractivity contribution in [2.24, 2.45) is 0 Å². The molecule has 3 heteroatoms. The Balaban J connectivity index is 2.11. The first-order valence-electron chi connectivity index (χ1n) is 4.58. The molecule has 1 aliphatic rings. The number of hydrogen-bond acceptors (Lipinski definition) is 2. The molecule has 0 saturated carbocycles. The molecule has 0 aromatic carbocycles. The fourth-order valence-corrected chi connectivity index (χ4v) is 1.51. The predicted octanol–water partition coefficient (Wildman–Crippen LogP) is 1.08. The van der Waals surface area contributed by atoms with E-state index in [1.165, 1.54) is 0 Å². The third kappa shape index (κ3) is 2.81. The molecule has 1 heterocycles. The van der Waals surface area contributed by atoms with Gasteiger partial charge in [0.1, 0.15) is 0 Å². The van der Waals surface area contributed by atoms with Gasteiger partial charge in [-0.3, -0.25) is 4.79 Å². The van der Waals surface area contributed by atoms with Crippen molar-refractivity contribution in [3.63, 3.8) is 0 Å². The van der Waals surface area contributed by atoms with Crippen molar-refractivity contribution in [1.82, 2.24) is 5.32 Å². The van der Waals surface area contributed by atoms with Crippen LogP contribution in [0.25, 0.3) is 0 Å². The second-order valence-electron chi connectivity index (χ2n) is 3.36. The molecule has 0 aromatic rings. The van der Waals surface area contributed by atoms with Gasteiger partial charge in [0, 0.05) is 13.5 Å². The molecule has 1 rings (SSSR count). The van der Waals surface area contributed by atoms with Crippen molar-refractivity contribution in [1.29, 1.82) is 0 Å². The van der Waals surface area contributed by atoms with Gasteiger partial charge in [-0.15, -0.1) is 0 Å². The molecule has 0 aromatic heterocycles. The van der Waals surface area contributed by atoms with Crippen molar-refractivity contribution < 1.29 is 9.53 Å². The van der Waals surface area contributed by atoms with Gasteiger partial charge in [0.15, 0.2) is 0 Å². The molecule has 0 aliphatic carbocycles. The summed E-state index contributed by atoms with van der Waals surface area (Å²) in [5.74, 6) is 0.109. The molecular formula is C9H17NO2. The fraction of sp³-hybridized carbons (Fsp3) is 0.889. The van der Waals surface area contributed by atoms with E-state index in [9.17, 15) is 4.79 Å². The van der Waals surface area contributed by atoms with Gasteiger partial charge in [-0.1, -0.05) is 0 Å². The lowest BCUT2D eigenvalue weighted by Crippen LogP contribution is -2.20. The van der Waals surface area contributed by atoms with E-state index in [-0.39, 0.29) is 5.91 Å². The molecule has 1 N–H and O–H groups in total. The van der Waals surface area contributed by atoms with Crippen molar-refractivity contribution in [2.45, 2.75) is 44.8 Å². The number of amides is 1. The van der Waals surface area contributed by atoms with Crippen LogP contribution in [0.1, 0.15) is 32.6 Å². The maximum atomic E-state index is 10.9. The zero-order chi connectivity index (χ0) is 8.97. The van der Waals surface area contributed by atoms with Gasteiger partial charge in [-0.2, -0.15) is 0 Å². The third-order valence-electron chi connectivity index (χ3n) is 2.29. The number of rotatable bonds is 3. The summed E-state index contributed by atoms with van der Waals surface area (Å²) in [5, 5.41) is 2.61. The molecule has 2 unspecified atom stereocenters. The molecule has 0 radical (unpaired) electrons. The van der Waals surface area contributed by atoms with Gasteiger partial charge >= 0.3 is 0 Å². The maximum absolute atomic E-state index is 10.9. The van der Waals surface area contributed by atoms with Crippen LogP contribution in [0.2, 0.25) is 0 Å². The van der Waals surface area contributed by atoms with Crippen LogP contribution < -0.4 is 5.32 Å². The molecule has 1 saturated heterocycles. The predicted molar refractivity (Wildman–Crippen MR) is 46.9 cm³/mol. The van der Waals surface area contributed by atoms with Crippen LogP contribution in [0, 0.1) is 0 Å². The first kappa shape index (κ1) is 9.52. The van der Waals surface area contributed by atoms with Crippen LogP contribution in [0.15, 0.2) is 0 Å². The molecule has 1 amide bonds. The number of carbonyl (C=O) groups is 1. The van der Waals surface area contributed by atoms with E-state index in [2.05, 4.69) is 12.2 Å². The summed E-state index contributed by atoms with van der Waals surface area (Å²) in [4.78, 5) is 10.9. The number of ether oxygens (including phenoxy) is 1. The SMILES string of the molecule is CNC(=O)CCC1CCC(C)O1. The molecule has 12 heavy (non-hydrogen) atoms. The second kappa shape index (κ2) is 4.45. The van der Waals surface area contributed by atoms with Crippen molar-refractivity contribution in [2.75, 3.05) is 7.05 Å². The summed E-state index contributed by atoms with van der Waals surface area (Å²) in [5.41, 5.74) is 0. The Morgan fingerprint density at radius 1 is 1.58 bits per heavy atom. The van der Waals surface area contributed by atoms with Crippen molar-refractivity contribution in [3.05, 3.63) is 0 Å². The van der Waals surface area contributed by atoms with Crippen LogP contribution in [0.3, 0.4) is 0 Å². The van der Waals surface area contributed by atoms with E-state index in [0.29, 0.717) is 18.6 Å². The number of hydrogen-bond donors (Lipinski definition) is 1. The minimum atomic E-state index is 0.109. The highest BCUT2D eigenvalue weighted by Gasteiger charge is 2.21. The summed E-state index contributed by atoms with van der Waals surface area (Å²) >= 11 is 0. The van der Waals surface area contributed by atoms with E-state index in [4.69, 9.17) is 4.74 Å². The van der Waals surface area contributed by atoms with Crippen LogP contribution in [0.4, 0.5) is 0 Å². The van der Waals surface area contributed by atoms with E-state index < -0.39 is 0 Å². The van der Waals surface area contributed by atoms with Crippen molar-refractivity contribution >= 4 is 5.91 Å². The molecule has 0 bridgehead atoms. The summed E-state index contributed by atoms with van der Waals surface area (Å²) in [6.07, 6.45) is 4.41. The van der Waals surface area contributed by atoms with Crippen LogP contribution in [-0.4, -0.2) is 25.2 Å². The standard InChI is InChI=1S/C9H17NO2/c1-7-3-4-8(12-7)5-6-9(11)10-2/h7-8H,3-6H2,1-2H3,(H,10,11). The molecule has 1 fully saturated rings. The Bertz CT molecular complexity index is 159. The first-order chi connectivity index (χ1) is 5.72. The average Bonchev–Trinajstić information content (AvgIpc) is 2.47. The molecule has 2 atom stereocenters. The molecule has 3 nitrogen and oxygen atoms in total. The Hall–Kier alpha value is -0.570.